The van der Waals surface area contributed by atoms with Gasteiger partial charge in [0, 0.05) is 12.6 Å². The largest absolute Gasteiger partial charge is 0.360 e. The lowest BCUT2D eigenvalue weighted by molar-refractivity contribution is -0.121. The highest BCUT2D eigenvalue weighted by Gasteiger charge is 2.21. The molecular weight excluding hydrogens is 316 g/mol. The van der Waals surface area contributed by atoms with Gasteiger partial charge < -0.3 is 10.6 Å². The van der Waals surface area contributed by atoms with Crippen LogP contribution in [0, 0.1) is 0 Å². The number of thioether (sulfide) groups is 1. The SMILES string of the molecule is CCCNc1nnc(S[C@@H](C)C(=O)NC2CCCCCC2)s1. The minimum atomic E-state index is -0.129. The zero-order valence-electron chi connectivity index (χ0n) is 13.4. The molecule has 7 heteroatoms. The van der Waals surface area contributed by atoms with Gasteiger partial charge >= 0.3 is 0 Å². The molecule has 0 radical (unpaired) electrons. The molecule has 1 aromatic rings. The van der Waals surface area contributed by atoms with Crippen molar-refractivity contribution in [1.29, 1.82) is 0 Å². The van der Waals surface area contributed by atoms with Gasteiger partial charge in [-0.15, -0.1) is 10.2 Å². The smallest absolute Gasteiger partial charge is 0.233 e. The number of amides is 1. The summed E-state index contributed by atoms with van der Waals surface area (Å²) in [6, 6.07) is 0.356. The van der Waals surface area contributed by atoms with Crippen molar-refractivity contribution in [3.05, 3.63) is 0 Å². The van der Waals surface area contributed by atoms with Crippen LogP contribution in [-0.2, 0) is 4.79 Å². The van der Waals surface area contributed by atoms with E-state index in [4.69, 9.17) is 0 Å². The quantitative estimate of drug-likeness (QED) is 0.584. The first-order valence-electron chi connectivity index (χ1n) is 8.23. The summed E-state index contributed by atoms with van der Waals surface area (Å²) in [5.74, 6) is 0.121. The minimum absolute atomic E-state index is 0.121. The summed E-state index contributed by atoms with van der Waals surface area (Å²) in [5, 5.41) is 15.4. The molecule has 1 fully saturated rings. The standard InChI is InChI=1S/C15H26N4OS2/c1-3-10-16-14-18-19-15(22-14)21-11(2)13(20)17-12-8-6-4-5-7-9-12/h11-12H,3-10H2,1-2H3,(H,16,18)(H,17,20)/t11-/m0/s1. The molecule has 2 rings (SSSR count). The Bertz CT molecular complexity index is 458. The van der Waals surface area contributed by atoms with Crippen molar-refractivity contribution < 1.29 is 4.79 Å². The molecule has 1 aliphatic carbocycles. The van der Waals surface area contributed by atoms with Gasteiger partial charge in [-0.2, -0.15) is 0 Å². The number of nitrogens with zero attached hydrogens (tertiary/aromatic N) is 2. The van der Waals surface area contributed by atoms with E-state index in [0.29, 0.717) is 6.04 Å². The molecule has 1 aromatic heterocycles. The van der Waals surface area contributed by atoms with E-state index < -0.39 is 0 Å². The number of rotatable bonds is 7. The van der Waals surface area contributed by atoms with E-state index in [2.05, 4.69) is 27.8 Å². The van der Waals surface area contributed by atoms with Gasteiger partial charge in [0.15, 0.2) is 4.34 Å². The highest BCUT2D eigenvalue weighted by Crippen LogP contribution is 2.29. The second-order valence-electron chi connectivity index (χ2n) is 5.76. The summed E-state index contributed by atoms with van der Waals surface area (Å²) in [6.45, 7) is 4.96. The maximum absolute atomic E-state index is 12.3. The van der Waals surface area contributed by atoms with Gasteiger partial charge in [0.25, 0.3) is 0 Å². The van der Waals surface area contributed by atoms with E-state index in [9.17, 15) is 4.79 Å². The third-order valence-corrected chi connectivity index (χ3v) is 5.85. The predicted molar refractivity (Wildman–Crippen MR) is 93.6 cm³/mol. The third kappa shape index (κ3) is 5.76. The van der Waals surface area contributed by atoms with E-state index >= 15 is 0 Å². The van der Waals surface area contributed by atoms with E-state index in [-0.39, 0.29) is 11.2 Å². The van der Waals surface area contributed by atoms with Crippen molar-refractivity contribution in [2.75, 3.05) is 11.9 Å². The predicted octanol–water partition coefficient (Wildman–Crippen LogP) is 3.68. The van der Waals surface area contributed by atoms with Crippen molar-refractivity contribution in [2.24, 2.45) is 0 Å². The molecule has 1 atom stereocenters. The number of anilines is 1. The second-order valence-corrected chi connectivity index (χ2v) is 8.32. The molecule has 1 heterocycles. The molecule has 1 amide bonds. The van der Waals surface area contributed by atoms with Crippen molar-refractivity contribution in [1.82, 2.24) is 15.5 Å². The van der Waals surface area contributed by atoms with Gasteiger partial charge in [-0.1, -0.05) is 55.7 Å². The van der Waals surface area contributed by atoms with Gasteiger partial charge in [-0.3, -0.25) is 4.79 Å². The van der Waals surface area contributed by atoms with Gasteiger partial charge in [-0.05, 0) is 26.2 Å². The molecule has 0 aliphatic heterocycles. The van der Waals surface area contributed by atoms with Crippen LogP contribution in [0.1, 0.15) is 58.8 Å². The van der Waals surface area contributed by atoms with Crippen LogP contribution in [0.3, 0.4) is 0 Å². The third-order valence-electron chi connectivity index (χ3n) is 3.78. The highest BCUT2D eigenvalue weighted by atomic mass is 32.2. The van der Waals surface area contributed by atoms with Crippen LogP contribution in [-0.4, -0.2) is 33.9 Å². The van der Waals surface area contributed by atoms with Crippen LogP contribution in [0.15, 0.2) is 4.34 Å². The zero-order valence-corrected chi connectivity index (χ0v) is 15.1. The van der Waals surface area contributed by atoms with Crippen LogP contribution in [0.2, 0.25) is 0 Å². The van der Waals surface area contributed by atoms with Crippen molar-refractivity contribution in [2.45, 2.75) is 74.4 Å². The molecule has 0 bridgehead atoms. The molecule has 1 aliphatic rings. The molecule has 0 spiro atoms. The molecule has 0 unspecified atom stereocenters. The Morgan fingerprint density at radius 1 is 1.32 bits per heavy atom. The normalized spacial score (nSPS) is 17.7. The first kappa shape index (κ1) is 17.5. The van der Waals surface area contributed by atoms with Crippen LogP contribution in [0.5, 0.6) is 0 Å². The van der Waals surface area contributed by atoms with E-state index in [1.165, 1.54) is 48.8 Å². The van der Waals surface area contributed by atoms with Gasteiger partial charge in [-0.25, -0.2) is 0 Å². The summed E-state index contributed by atoms with van der Waals surface area (Å²) in [7, 11) is 0. The lowest BCUT2D eigenvalue weighted by Gasteiger charge is -2.18. The van der Waals surface area contributed by atoms with Gasteiger partial charge in [0.1, 0.15) is 0 Å². The monoisotopic (exact) mass is 342 g/mol. The lowest BCUT2D eigenvalue weighted by Crippen LogP contribution is -2.39. The minimum Gasteiger partial charge on any atom is -0.360 e. The lowest BCUT2D eigenvalue weighted by atomic mass is 10.1. The van der Waals surface area contributed by atoms with Crippen LogP contribution in [0.4, 0.5) is 5.13 Å². The summed E-state index contributed by atoms with van der Waals surface area (Å²) in [5.41, 5.74) is 0. The molecular formula is C15H26N4OS2. The number of carbonyl (C=O) groups is 1. The summed E-state index contributed by atoms with van der Waals surface area (Å²) in [6.07, 6.45) is 8.36. The Labute approximate surface area is 141 Å². The molecule has 5 nitrogen and oxygen atoms in total. The fraction of sp³-hybridized carbons (Fsp3) is 0.800. The summed E-state index contributed by atoms with van der Waals surface area (Å²) >= 11 is 3.01. The maximum atomic E-state index is 12.3. The molecule has 0 saturated heterocycles. The molecule has 1 saturated carbocycles. The first-order valence-corrected chi connectivity index (χ1v) is 9.93. The first-order chi connectivity index (χ1) is 10.7. The Morgan fingerprint density at radius 3 is 2.73 bits per heavy atom. The van der Waals surface area contributed by atoms with Crippen LogP contribution >= 0.6 is 23.1 Å². The average molecular weight is 343 g/mol. The average Bonchev–Trinajstić information content (AvgIpc) is 2.79. The van der Waals surface area contributed by atoms with Crippen LogP contribution < -0.4 is 10.6 Å². The molecule has 2 N–H and O–H groups in total. The van der Waals surface area contributed by atoms with E-state index in [1.807, 2.05) is 6.92 Å². The summed E-state index contributed by atoms with van der Waals surface area (Å²) in [4.78, 5) is 12.3. The fourth-order valence-electron chi connectivity index (χ4n) is 2.51. The molecule has 0 aromatic carbocycles. The highest BCUT2D eigenvalue weighted by molar-refractivity contribution is 8.02. The van der Waals surface area contributed by atoms with Crippen molar-refractivity contribution >= 4 is 34.1 Å². The number of nitrogens with one attached hydrogen (secondary N) is 2. The van der Waals surface area contributed by atoms with E-state index in [1.54, 1.807) is 0 Å². The Morgan fingerprint density at radius 2 is 2.05 bits per heavy atom. The molecule has 22 heavy (non-hydrogen) atoms. The van der Waals surface area contributed by atoms with Crippen LogP contribution in [0.25, 0.3) is 0 Å². The Balaban J connectivity index is 1.78. The number of aromatic nitrogens is 2. The topological polar surface area (TPSA) is 66.9 Å². The number of hydrogen-bond acceptors (Lipinski definition) is 6. The number of hydrogen-bond donors (Lipinski definition) is 2. The molecule has 124 valence electrons. The fourth-order valence-corrected chi connectivity index (χ4v) is 4.44. The second kappa shape index (κ2) is 9.35. The van der Waals surface area contributed by atoms with Gasteiger partial charge in [0.2, 0.25) is 11.0 Å². The Kier molecular flexibility index (Phi) is 7.45. The number of carbonyl (C=O) groups excluding carboxylic acids is 1. The Hall–Kier alpha value is -0.820. The zero-order chi connectivity index (χ0) is 15.8. The van der Waals surface area contributed by atoms with E-state index in [0.717, 1.165) is 35.3 Å². The van der Waals surface area contributed by atoms with Gasteiger partial charge in [0.05, 0.1) is 5.25 Å². The summed E-state index contributed by atoms with van der Waals surface area (Å²) < 4.78 is 0.849. The van der Waals surface area contributed by atoms with Crippen molar-refractivity contribution in [3.8, 4) is 0 Å². The van der Waals surface area contributed by atoms with Crippen molar-refractivity contribution in [3.63, 3.8) is 0 Å². The maximum Gasteiger partial charge on any atom is 0.233 e.